The van der Waals surface area contributed by atoms with Crippen LogP contribution in [0.2, 0.25) is 0 Å². The van der Waals surface area contributed by atoms with E-state index in [4.69, 9.17) is 0 Å². The Bertz CT molecular complexity index is 1530. The monoisotopic (exact) mass is 508 g/mol. The van der Waals surface area contributed by atoms with E-state index in [1.165, 1.54) is 12.1 Å². The van der Waals surface area contributed by atoms with Crippen molar-refractivity contribution in [2.75, 3.05) is 0 Å². The second-order valence-corrected chi connectivity index (χ2v) is 9.98. The fourth-order valence-electron chi connectivity index (χ4n) is 3.53. The summed E-state index contributed by atoms with van der Waals surface area (Å²) in [6.45, 7) is 0. The molecule has 0 saturated heterocycles. The predicted molar refractivity (Wildman–Crippen MR) is 94.0 cm³/mol. The maximum atomic E-state index is 11.9. The van der Waals surface area contributed by atoms with Gasteiger partial charge in [-0.15, -0.1) is 0 Å². The van der Waals surface area contributed by atoms with Crippen molar-refractivity contribution >= 4 is 62.7 Å². The Hall–Kier alpha value is 0.650. The molecule has 0 heterocycles. The smallest absolute Gasteiger partial charge is 0.744 e. The average molecular weight is 508 g/mol. The summed E-state index contributed by atoms with van der Waals surface area (Å²) in [5.74, 6) is 0. The van der Waals surface area contributed by atoms with Crippen molar-refractivity contribution in [3.05, 3.63) is 42.5 Å². The first-order chi connectivity index (χ1) is 12.8. The molecule has 0 aliphatic heterocycles. The Labute approximate surface area is 244 Å². The van der Waals surface area contributed by atoms with Crippen molar-refractivity contribution in [1.29, 1.82) is 0 Å². The molecule has 15 heteroatoms. The fourth-order valence-corrected chi connectivity index (χ4v) is 7.03. The average Bonchev–Trinajstić information content (AvgIpc) is 2.55. The van der Waals surface area contributed by atoms with Gasteiger partial charge in [-0.25, -0.2) is 25.3 Å². The first kappa shape index (κ1) is 29.7. The van der Waals surface area contributed by atoms with Crippen LogP contribution in [-0.4, -0.2) is 38.9 Å². The molecule has 31 heavy (non-hydrogen) atoms. The van der Waals surface area contributed by atoms with Crippen LogP contribution in [0, 0.1) is 0 Å². The minimum atomic E-state index is -5.83. The molecule has 0 spiro atoms. The number of benzene rings is 4. The second kappa shape index (κ2) is 9.72. The Kier molecular flexibility index (Phi) is 9.31. The molecule has 4 aromatic rings. The molecule has 0 atom stereocenters. The summed E-state index contributed by atoms with van der Waals surface area (Å²) < 4.78 is 107. The van der Waals surface area contributed by atoms with E-state index in [9.17, 15) is 38.9 Å². The van der Waals surface area contributed by atoms with Crippen LogP contribution < -0.4 is 88.7 Å². The molecule has 0 aliphatic rings. The molecule has 4 aromatic carbocycles. The quantitative estimate of drug-likeness (QED) is 0.148. The van der Waals surface area contributed by atoms with Gasteiger partial charge in [-0.1, -0.05) is 42.5 Å². The molecule has 0 radical (unpaired) electrons. The molecule has 0 unspecified atom stereocenters. The summed E-state index contributed by atoms with van der Waals surface area (Å²) in [5.41, 5.74) is 0. The van der Waals surface area contributed by atoms with Crippen LogP contribution in [0.1, 0.15) is 0 Å². The summed E-state index contributed by atoms with van der Waals surface area (Å²) in [5, 5.41) is 0.370. The van der Waals surface area contributed by atoms with Crippen LogP contribution in [0.25, 0.3) is 32.3 Å². The molecule has 4 rings (SSSR count). The largest absolute Gasteiger partial charge is 1.00 e. The van der Waals surface area contributed by atoms with Crippen LogP contribution in [0.3, 0.4) is 0 Å². The van der Waals surface area contributed by atoms with Gasteiger partial charge in [0.25, 0.3) is 0 Å². The van der Waals surface area contributed by atoms with Crippen LogP contribution in [-0.2, 0) is 30.4 Å². The topological polar surface area (TPSA) is 172 Å². The van der Waals surface area contributed by atoms with E-state index >= 15 is 0 Å². The van der Waals surface area contributed by atoms with Gasteiger partial charge >= 0.3 is 88.7 Å². The van der Waals surface area contributed by atoms with Crippen LogP contribution >= 0.6 is 0 Å². The summed E-state index contributed by atoms with van der Waals surface area (Å²) in [6, 6.07) is 9.91. The van der Waals surface area contributed by atoms with Gasteiger partial charge in [-0.2, -0.15) is 0 Å². The number of rotatable bonds is 3. The molecule has 0 amide bonds. The van der Waals surface area contributed by atoms with Gasteiger partial charge in [0.05, 0.1) is 14.7 Å². The van der Waals surface area contributed by atoms with Gasteiger partial charge in [0, 0.05) is 10.8 Å². The maximum absolute atomic E-state index is 11.9. The Morgan fingerprint density at radius 3 is 1.16 bits per heavy atom. The Morgan fingerprint density at radius 1 is 0.484 bits per heavy atom. The maximum Gasteiger partial charge on any atom is 1.00 e. The molecule has 0 aromatic heterocycles. The van der Waals surface area contributed by atoms with Gasteiger partial charge in [0.1, 0.15) is 30.4 Å². The Balaban J connectivity index is 0.00000160. The molecule has 146 valence electrons. The molecular formula is C16H7Na3O9S3. The minimum absolute atomic E-state index is 0. The van der Waals surface area contributed by atoms with Gasteiger partial charge in [-0.3, -0.25) is 0 Å². The van der Waals surface area contributed by atoms with E-state index in [-0.39, 0.29) is 94.1 Å². The third-order valence-electron chi connectivity index (χ3n) is 4.43. The van der Waals surface area contributed by atoms with E-state index in [1.807, 2.05) is 0 Å². The van der Waals surface area contributed by atoms with E-state index in [0.717, 1.165) is 12.1 Å². The fraction of sp³-hybridized carbons (Fsp3) is 0. The van der Waals surface area contributed by atoms with Crippen molar-refractivity contribution in [2.45, 2.75) is 14.7 Å². The number of hydrogen-bond donors (Lipinski definition) is 0. The summed E-state index contributed by atoms with van der Waals surface area (Å²) in [7, 11) is -17.1. The van der Waals surface area contributed by atoms with E-state index in [1.54, 1.807) is 18.2 Å². The Morgan fingerprint density at radius 2 is 0.839 bits per heavy atom. The number of hydrogen-bond acceptors (Lipinski definition) is 9. The zero-order valence-electron chi connectivity index (χ0n) is 16.4. The van der Waals surface area contributed by atoms with Crippen molar-refractivity contribution in [2.24, 2.45) is 0 Å². The normalized spacial score (nSPS) is 12.4. The summed E-state index contributed by atoms with van der Waals surface area (Å²) >= 11 is 0. The standard InChI is InChI=1S/C16H10O9S3.3Na/c17-26(18,19)14-10-6-4-8-2-1-3-9-5-7-11(13(10)12(8)9)15(27(20,21)22)16(14)28(23,24)25;;;/h1-7H,(H,17,18,19)(H,20,21,22)(H,23,24,25);;;/q;3*+1/p-3. The van der Waals surface area contributed by atoms with E-state index < -0.39 is 55.8 Å². The van der Waals surface area contributed by atoms with Gasteiger partial charge < -0.3 is 13.7 Å². The SMILES string of the molecule is O=S(=O)([O-])c1c(S(=O)(=O)[O-])c2ccc3cccc4ccc(c1S(=O)(=O)[O-])c2c34.[Na+].[Na+].[Na+]. The van der Waals surface area contributed by atoms with Gasteiger partial charge in [0.2, 0.25) is 0 Å². The van der Waals surface area contributed by atoms with Crippen LogP contribution in [0.15, 0.2) is 57.2 Å². The molecule has 0 bridgehead atoms. The first-order valence-corrected chi connectivity index (χ1v) is 11.7. The molecular weight excluding hydrogens is 501 g/mol. The van der Waals surface area contributed by atoms with E-state index in [0.29, 0.717) is 16.2 Å². The van der Waals surface area contributed by atoms with Crippen molar-refractivity contribution in [1.82, 2.24) is 0 Å². The van der Waals surface area contributed by atoms with Crippen LogP contribution in [0.4, 0.5) is 0 Å². The molecule has 0 saturated carbocycles. The van der Waals surface area contributed by atoms with E-state index in [2.05, 4.69) is 0 Å². The second-order valence-electron chi connectivity index (χ2n) is 6.03. The first-order valence-electron chi connectivity index (χ1n) is 7.43. The molecule has 0 N–H and O–H groups in total. The minimum Gasteiger partial charge on any atom is -0.744 e. The van der Waals surface area contributed by atoms with Crippen LogP contribution in [0.5, 0.6) is 0 Å². The molecule has 9 nitrogen and oxygen atoms in total. The molecule has 0 aliphatic carbocycles. The zero-order chi connectivity index (χ0) is 20.6. The predicted octanol–water partition coefficient (Wildman–Crippen LogP) is -7.69. The van der Waals surface area contributed by atoms with Gasteiger partial charge in [0.15, 0.2) is 0 Å². The van der Waals surface area contributed by atoms with Crippen molar-refractivity contribution in [3.63, 3.8) is 0 Å². The van der Waals surface area contributed by atoms with Crippen molar-refractivity contribution in [3.8, 4) is 0 Å². The molecule has 0 fully saturated rings. The van der Waals surface area contributed by atoms with Crippen molar-refractivity contribution < 1.29 is 128 Å². The van der Waals surface area contributed by atoms with Gasteiger partial charge in [-0.05, 0) is 21.5 Å². The summed E-state index contributed by atoms with van der Waals surface area (Å²) in [4.78, 5) is -4.92. The third kappa shape index (κ3) is 5.04. The zero-order valence-corrected chi connectivity index (χ0v) is 24.9. The summed E-state index contributed by atoms with van der Waals surface area (Å²) in [6.07, 6.45) is 0. The third-order valence-corrected chi connectivity index (χ3v) is 7.44.